The van der Waals surface area contributed by atoms with Gasteiger partial charge in [-0.05, 0) is 36.4 Å². The Morgan fingerprint density at radius 1 is 1.15 bits per heavy atom. The number of hydrogen-bond donors (Lipinski definition) is 0. The number of rotatable bonds is 9. The van der Waals surface area contributed by atoms with Gasteiger partial charge in [0.2, 0.25) is 0 Å². The zero-order valence-electron chi connectivity index (χ0n) is 11.5. The third-order valence-corrected chi connectivity index (χ3v) is 5.81. The van der Waals surface area contributed by atoms with Crippen LogP contribution in [0.2, 0.25) is 0 Å². The lowest BCUT2D eigenvalue weighted by atomic mass is 10.3. The Morgan fingerprint density at radius 2 is 1.65 bits per heavy atom. The zero-order valence-corrected chi connectivity index (χ0v) is 13.2. The first kappa shape index (κ1) is 17.2. The quantitative estimate of drug-likeness (QED) is 0.374. The van der Waals surface area contributed by atoms with Crippen LogP contribution in [0, 0.1) is 10.1 Å². The second kappa shape index (κ2) is 8.42. The van der Waals surface area contributed by atoms with Crippen LogP contribution in [0.25, 0.3) is 0 Å². The molecular weight excluding hydrogens is 301 g/mol. The molecule has 0 N–H and O–H groups in total. The zero-order chi connectivity index (χ0) is 15.0. The van der Waals surface area contributed by atoms with Crippen LogP contribution in [0.5, 0.6) is 0 Å². The molecule has 0 fully saturated rings. The maximum Gasteiger partial charge on any atom is 0.393 e. The molecule has 0 radical (unpaired) electrons. The van der Waals surface area contributed by atoms with Gasteiger partial charge in [-0.2, -0.15) is 0 Å². The lowest BCUT2D eigenvalue weighted by molar-refractivity contribution is -0.384. The van der Waals surface area contributed by atoms with Crippen molar-refractivity contribution >= 4 is 23.9 Å². The summed E-state index contributed by atoms with van der Waals surface area (Å²) < 4.78 is 23.2. The Labute approximate surface area is 122 Å². The summed E-state index contributed by atoms with van der Waals surface area (Å²) in [5, 5.41) is 10.6. The lowest BCUT2D eigenvalue weighted by Crippen LogP contribution is -1.95. The van der Waals surface area contributed by atoms with Crippen LogP contribution >= 0.6 is 18.2 Å². The van der Waals surface area contributed by atoms with Gasteiger partial charge in [0.15, 0.2) is 0 Å². The summed E-state index contributed by atoms with van der Waals surface area (Å²) >= 11 is 0.980. The Balaban J connectivity index is 2.77. The standard InChI is InChI=1S/C12H18NO5PS/c1-3-9-17-19(16,18-10-4-2)20-12-7-5-11(6-8-12)13(14)15/h5-8H,3-4,9-10H2,1-2H3. The van der Waals surface area contributed by atoms with E-state index in [2.05, 4.69) is 0 Å². The molecule has 20 heavy (non-hydrogen) atoms. The van der Waals surface area contributed by atoms with Crippen molar-refractivity contribution in [2.45, 2.75) is 31.6 Å². The van der Waals surface area contributed by atoms with Crippen LogP contribution in [0.15, 0.2) is 29.2 Å². The van der Waals surface area contributed by atoms with Crippen molar-refractivity contribution in [2.24, 2.45) is 0 Å². The van der Waals surface area contributed by atoms with Gasteiger partial charge in [0.05, 0.1) is 18.1 Å². The number of non-ortho nitro benzene ring substituents is 1. The number of nitro groups is 1. The minimum atomic E-state index is -3.27. The molecule has 0 saturated heterocycles. The van der Waals surface area contributed by atoms with E-state index < -0.39 is 11.7 Å². The largest absolute Gasteiger partial charge is 0.393 e. The molecule has 8 heteroatoms. The van der Waals surface area contributed by atoms with E-state index in [1.54, 1.807) is 12.1 Å². The molecule has 0 aromatic heterocycles. The summed E-state index contributed by atoms with van der Waals surface area (Å²) in [5.74, 6) is 0. The summed E-state index contributed by atoms with van der Waals surface area (Å²) in [7, 11) is 0. The van der Waals surface area contributed by atoms with Crippen molar-refractivity contribution in [1.82, 2.24) is 0 Å². The SMILES string of the molecule is CCCOP(=O)(OCCC)Sc1ccc([N+](=O)[O-])cc1. The molecule has 0 aliphatic rings. The van der Waals surface area contributed by atoms with Crippen molar-refractivity contribution in [2.75, 3.05) is 13.2 Å². The Morgan fingerprint density at radius 3 is 2.05 bits per heavy atom. The molecule has 0 spiro atoms. The Kier molecular flexibility index (Phi) is 7.23. The Bertz CT molecular complexity index is 467. The van der Waals surface area contributed by atoms with Gasteiger partial charge < -0.3 is 9.05 Å². The topological polar surface area (TPSA) is 78.7 Å². The minimum absolute atomic E-state index is 0.00636. The summed E-state index contributed by atoms with van der Waals surface area (Å²) in [6.07, 6.45) is 1.47. The Hall–Kier alpha value is -0.880. The molecule has 0 aliphatic heterocycles. The highest BCUT2D eigenvalue weighted by Gasteiger charge is 2.26. The molecule has 6 nitrogen and oxygen atoms in total. The minimum Gasteiger partial charge on any atom is -0.301 e. The van der Waals surface area contributed by atoms with E-state index in [0.29, 0.717) is 18.1 Å². The highest BCUT2D eigenvalue weighted by Crippen LogP contribution is 2.63. The van der Waals surface area contributed by atoms with Crippen LogP contribution in [0.3, 0.4) is 0 Å². The first-order valence-corrected chi connectivity index (χ1v) is 9.30. The molecule has 1 aromatic carbocycles. The van der Waals surface area contributed by atoms with E-state index in [-0.39, 0.29) is 5.69 Å². The van der Waals surface area contributed by atoms with Crippen molar-refractivity contribution in [1.29, 1.82) is 0 Å². The van der Waals surface area contributed by atoms with Gasteiger partial charge in [0.1, 0.15) is 0 Å². The second-order valence-electron chi connectivity index (χ2n) is 3.96. The molecule has 0 unspecified atom stereocenters. The van der Waals surface area contributed by atoms with Crippen molar-refractivity contribution in [3.63, 3.8) is 0 Å². The summed E-state index contributed by atoms with van der Waals surface area (Å²) in [5.41, 5.74) is -0.00636. The average Bonchev–Trinajstić information content (AvgIpc) is 2.44. The van der Waals surface area contributed by atoms with Crippen LogP contribution in [0.4, 0.5) is 5.69 Å². The maximum atomic E-state index is 12.5. The van der Waals surface area contributed by atoms with Gasteiger partial charge in [-0.25, -0.2) is 4.57 Å². The number of hydrogen-bond acceptors (Lipinski definition) is 6. The molecule has 0 bridgehead atoms. The molecule has 0 heterocycles. The van der Waals surface area contributed by atoms with Gasteiger partial charge in [0.25, 0.3) is 5.69 Å². The van der Waals surface area contributed by atoms with Crippen molar-refractivity contribution < 1.29 is 18.5 Å². The number of benzene rings is 1. The average molecular weight is 319 g/mol. The summed E-state index contributed by atoms with van der Waals surface area (Å²) in [6.45, 7) is 1.26. The molecule has 0 aliphatic carbocycles. The fraction of sp³-hybridized carbons (Fsp3) is 0.500. The van der Waals surface area contributed by atoms with Crippen LogP contribution in [-0.2, 0) is 13.6 Å². The van der Waals surface area contributed by atoms with Crippen LogP contribution in [0.1, 0.15) is 26.7 Å². The molecule has 0 saturated carbocycles. The summed E-state index contributed by atoms with van der Waals surface area (Å²) in [4.78, 5) is 10.7. The fourth-order valence-corrected chi connectivity index (χ4v) is 4.67. The van der Waals surface area contributed by atoms with Crippen LogP contribution < -0.4 is 0 Å². The third kappa shape index (κ3) is 5.63. The smallest absolute Gasteiger partial charge is 0.301 e. The van der Waals surface area contributed by atoms with Crippen molar-refractivity contribution in [3.8, 4) is 0 Å². The second-order valence-corrected chi connectivity index (χ2v) is 7.91. The van der Waals surface area contributed by atoms with E-state index in [1.165, 1.54) is 12.1 Å². The van der Waals surface area contributed by atoms with E-state index in [1.807, 2.05) is 13.8 Å². The molecule has 112 valence electrons. The monoisotopic (exact) mass is 319 g/mol. The molecule has 1 rings (SSSR count). The van der Waals surface area contributed by atoms with E-state index >= 15 is 0 Å². The normalized spacial score (nSPS) is 11.5. The van der Waals surface area contributed by atoms with Gasteiger partial charge in [-0.1, -0.05) is 13.8 Å². The highest BCUT2D eigenvalue weighted by molar-refractivity contribution is 8.55. The maximum absolute atomic E-state index is 12.5. The van der Waals surface area contributed by atoms with Gasteiger partial charge >= 0.3 is 6.80 Å². The molecule has 0 atom stereocenters. The first-order valence-electron chi connectivity index (χ1n) is 6.34. The third-order valence-electron chi connectivity index (χ3n) is 2.17. The number of nitro benzene ring substituents is 1. The number of nitrogens with zero attached hydrogens (tertiary/aromatic N) is 1. The predicted octanol–water partition coefficient (Wildman–Crippen LogP) is 4.65. The first-order chi connectivity index (χ1) is 9.50. The van der Waals surface area contributed by atoms with Crippen LogP contribution in [-0.4, -0.2) is 18.1 Å². The van der Waals surface area contributed by atoms with E-state index in [0.717, 1.165) is 24.2 Å². The van der Waals surface area contributed by atoms with Gasteiger partial charge in [0, 0.05) is 17.0 Å². The van der Waals surface area contributed by atoms with E-state index in [9.17, 15) is 14.7 Å². The molecular formula is C12H18NO5PS. The predicted molar refractivity (Wildman–Crippen MR) is 79.0 cm³/mol. The van der Waals surface area contributed by atoms with Crippen molar-refractivity contribution in [3.05, 3.63) is 34.4 Å². The molecule has 1 aromatic rings. The van der Waals surface area contributed by atoms with Gasteiger partial charge in [-0.3, -0.25) is 10.1 Å². The van der Waals surface area contributed by atoms with E-state index in [4.69, 9.17) is 9.05 Å². The van der Waals surface area contributed by atoms with Gasteiger partial charge in [-0.15, -0.1) is 0 Å². The fourth-order valence-electron chi connectivity index (χ4n) is 1.25. The highest BCUT2D eigenvalue weighted by atomic mass is 32.7. The lowest BCUT2D eigenvalue weighted by Gasteiger charge is -2.16. The molecule has 0 amide bonds. The summed E-state index contributed by atoms with van der Waals surface area (Å²) in [6, 6.07) is 5.82.